The Morgan fingerprint density at radius 1 is 1.27 bits per heavy atom. The fourth-order valence-corrected chi connectivity index (χ4v) is 3.29. The molecule has 5 nitrogen and oxygen atoms in total. The van der Waals surface area contributed by atoms with Gasteiger partial charge in [0.05, 0.1) is 17.6 Å². The lowest BCUT2D eigenvalue weighted by molar-refractivity contribution is -0.130. The number of rotatable bonds is 5. The lowest BCUT2D eigenvalue weighted by Crippen LogP contribution is -2.31. The van der Waals surface area contributed by atoms with Gasteiger partial charge in [-0.25, -0.2) is 9.37 Å². The molecule has 1 fully saturated rings. The van der Waals surface area contributed by atoms with Gasteiger partial charge in [0, 0.05) is 31.9 Å². The molecule has 26 heavy (non-hydrogen) atoms. The molecule has 1 saturated heterocycles. The number of hydrogen-bond acceptors (Lipinski definition) is 3. The number of halogens is 1. The fraction of sp³-hybridized carbons (Fsp3) is 0.300. The number of hydrogen-bond donors (Lipinski definition) is 1. The lowest BCUT2D eigenvalue weighted by atomic mass is 10.2. The van der Waals surface area contributed by atoms with Crippen molar-refractivity contribution >= 4 is 16.9 Å². The summed E-state index contributed by atoms with van der Waals surface area (Å²) in [7, 11) is 0. The van der Waals surface area contributed by atoms with Crippen molar-refractivity contribution in [3.05, 3.63) is 60.2 Å². The van der Waals surface area contributed by atoms with Crippen LogP contribution in [0.3, 0.4) is 0 Å². The van der Waals surface area contributed by atoms with Crippen molar-refractivity contribution in [3.8, 4) is 5.75 Å². The highest BCUT2D eigenvalue weighted by molar-refractivity contribution is 5.77. The molecule has 0 spiro atoms. The van der Waals surface area contributed by atoms with E-state index in [-0.39, 0.29) is 17.8 Å². The number of H-pyrrole nitrogens is 1. The van der Waals surface area contributed by atoms with Crippen LogP contribution in [0.4, 0.5) is 4.39 Å². The van der Waals surface area contributed by atoms with Gasteiger partial charge in [0.25, 0.3) is 0 Å². The van der Waals surface area contributed by atoms with Crippen LogP contribution in [0.25, 0.3) is 11.0 Å². The zero-order chi connectivity index (χ0) is 17.9. The first-order valence-corrected chi connectivity index (χ1v) is 8.81. The predicted molar refractivity (Wildman–Crippen MR) is 96.4 cm³/mol. The molecule has 0 bridgehead atoms. The fourth-order valence-electron chi connectivity index (χ4n) is 3.29. The summed E-state index contributed by atoms with van der Waals surface area (Å²) in [5, 5.41) is 0. The number of carbonyl (C=O) groups excluding carboxylic acids is 1. The number of nitrogens with zero attached hydrogens (tertiary/aromatic N) is 2. The van der Waals surface area contributed by atoms with Gasteiger partial charge in [0.15, 0.2) is 0 Å². The number of benzene rings is 2. The summed E-state index contributed by atoms with van der Waals surface area (Å²) in [6.07, 6.45) is 1.66. The molecule has 1 atom stereocenters. The second-order valence-electron chi connectivity index (χ2n) is 6.53. The quantitative estimate of drug-likeness (QED) is 0.766. The molecular formula is C20H20FN3O2. The topological polar surface area (TPSA) is 58.2 Å². The summed E-state index contributed by atoms with van der Waals surface area (Å²) in [6.45, 7) is 1.20. The first-order chi connectivity index (χ1) is 12.7. The van der Waals surface area contributed by atoms with E-state index in [0.717, 1.165) is 23.3 Å². The van der Waals surface area contributed by atoms with E-state index in [1.54, 1.807) is 12.1 Å². The van der Waals surface area contributed by atoms with Crippen molar-refractivity contribution < 1.29 is 13.9 Å². The summed E-state index contributed by atoms with van der Waals surface area (Å²) < 4.78 is 19.0. The van der Waals surface area contributed by atoms with Crippen LogP contribution in [0.15, 0.2) is 48.5 Å². The van der Waals surface area contributed by atoms with Crippen LogP contribution in [0.1, 0.15) is 18.7 Å². The lowest BCUT2D eigenvalue weighted by Gasteiger charge is -2.17. The summed E-state index contributed by atoms with van der Waals surface area (Å²) in [5.41, 5.74) is 1.90. The van der Waals surface area contributed by atoms with E-state index in [2.05, 4.69) is 9.97 Å². The van der Waals surface area contributed by atoms with Crippen LogP contribution in [0, 0.1) is 5.82 Å². The molecule has 134 valence electrons. The summed E-state index contributed by atoms with van der Waals surface area (Å²) in [5.74, 6) is 1.10. The second kappa shape index (κ2) is 7.15. The van der Waals surface area contributed by atoms with Crippen molar-refractivity contribution in [1.29, 1.82) is 0 Å². The Morgan fingerprint density at radius 2 is 2.15 bits per heavy atom. The Bertz CT molecular complexity index is 891. The van der Waals surface area contributed by atoms with Crippen molar-refractivity contribution in [2.24, 2.45) is 0 Å². The molecule has 2 heterocycles. The molecule has 0 aliphatic carbocycles. The van der Waals surface area contributed by atoms with E-state index in [4.69, 9.17) is 4.74 Å². The monoisotopic (exact) mass is 353 g/mol. The Kier molecular flexibility index (Phi) is 4.56. The molecule has 0 radical (unpaired) electrons. The van der Waals surface area contributed by atoms with E-state index >= 15 is 0 Å². The third kappa shape index (κ3) is 3.69. The zero-order valence-corrected chi connectivity index (χ0v) is 14.3. The van der Waals surface area contributed by atoms with Crippen LogP contribution >= 0.6 is 0 Å². The first-order valence-electron chi connectivity index (χ1n) is 8.81. The molecule has 1 aliphatic heterocycles. The average Bonchev–Trinajstić information content (AvgIpc) is 3.26. The van der Waals surface area contributed by atoms with Gasteiger partial charge in [0.1, 0.15) is 23.5 Å². The molecule has 1 unspecified atom stereocenters. The van der Waals surface area contributed by atoms with Crippen molar-refractivity contribution in [1.82, 2.24) is 14.9 Å². The number of carbonyl (C=O) groups is 1. The van der Waals surface area contributed by atoms with E-state index in [1.165, 1.54) is 12.1 Å². The third-order valence-corrected chi connectivity index (χ3v) is 4.61. The molecule has 0 saturated carbocycles. The molecule has 6 heteroatoms. The number of aryl methyl sites for hydroxylation is 1. The minimum atomic E-state index is -0.320. The molecule has 1 aliphatic rings. The minimum Gasteiger partial charge on any atom is -0.488 e. The third-order valence-electron chi connectivity index (χ3n) is 4.61. The number of likely N-dealkylation sites (tertiary alicyclic amines) is 1. The molecule has 4 rings (SSSR count). The highest BCUT2D eigenvalue weighted by Gasteiger charge is 2.27. The average molecular weight is 353 g/mol. The number of amides is 1. The summed E-state index contributed by atoms with van der Waals surface area (Å²) >= 11 is 0. The van der Waals surface area contributed by atoms with Gasteiger partial charge < -0.3 is 14.6 Å². The standard InChI is InChI=1S/C20H20FN3O2/c21-14-4-3-5-15(12-14)26-16-10-11-24(13-16)20(25)9-8-19-22-17-6-1-2-7-18(17)23-19/h1-7,12,16H,8-11,13H2,(H,22,23). The highest BCUT2D eigenvalue weighted by Crippen LogP contribution is 2.20. The van der Waals surface area contributed by atoms with E-state index < -0.39 is 0 Å². The summed E-state index contributed by atoms with van der Waals surface area (Å²) in [6, 6.07) is 13.9. The van der Waals surface area contributed by atoms with Crippen LogP contribution in [0.2, 0.25) is 0 Å². The predicted octanol–water partition coefficient (Wildman–Crippen LogP) is 3.31. The molecule has 1 N–H and O–H groups in total. The maximum atomic E-state index is 13.2. The van der Waals surface area contributed by atoms with Gasteiger partial charge >= 0.3 is 0 Å². The maximum Gasteiger partial charge on any atom is 0.223 e. The van der Waals surface area contributed by atoms with Gasteiger partial charge in [0.2, 0.25) is 5.91 Å². The first kappa shape index (κ1) is 16.6. The minimum absolute atomic E-state index is 0.0908. The van der Waals surface area contributed by atoms with E-state index in [9.17, 15) is 9.18 Å². The molecule has 1 aromatic heterocycles. The van der Waals surface area contributed by atoms with Crippen LogP contribution in [-0.2, 0) is 11.2 Å². The van der Waals surface area contributed by atoms with E-state index in [1.807, 2.05) is 29.2 Å². The largest absolute Gasteiger partial charge is 0.488 e. The SMILES string of the molecule is O=C(CCc1nc2ccccc2[nH]1)N1CCC(Oc2cccc(F)c2)C1. The number of para-hydroxylation sites is 2. The Hall–Kier alpha value is -2.89. The second-order valence-corrected chi connectivity index (χ2v) is 6.53. The number of fused-ring (bicyclic) bond motifs is 1. The number of aromatic nitrogens is 2. The van der Waals surface area contributed by atoms with Gasteiger partial charge in [-0.1, -0.05) is 18.2 Å². The van der Waals surface area contributed by atoms with Gasteiger partial charge in [-0.15, -0.1) is 0 Å². The number of nitrogens with one attached hydrogen (secondary N) is 1. The van der Waals surface area contributed by atoms with Crippen molar-refractivity contribution in [2.75, 3.05) is 13.1 Å². The van der Waals surface area contributed by atoms with Crippen molar-refractivity contribution in [3.63, 3.8) is 0 Å². The van der Waals surface area contributed by atoms with E-state index in [0.29, 0.717) is 31.7 Å². The van der Waals surface area contributed by atoms with Gasteiger partial charge in [-0.05, 0) is 24.3 Å². The van der Waals surface area contributed by atoms with Crippen molar-refractivity contribution in [2.45, 2.75) is 25.4 Å². The number of ether oxygens (including phenoxy) is 1. The molecular weight excluding hydrogens is 333 g/mol. The maximum absolute atomic E-state index is 13.2. The van der Waals surface area contributed by atoms with Crippen LogP contribution in [-0.4, -0.2) is 40.0 Å². The number of imidazole rings is 1. The Morgan fingerprint density at radius 3 is 3.00 bits per heavy atom. The molecule has 1 amide bonds. The normalized spacial score (nSPS) is 17.0. The van der Waals surface area contributed by atoms with Gasteiger partial charge in [-0.3, -0.25) is 4.79 Å². The van der Waals surface area contributed by atoms with Crippen LogP contribution in [0.5, 0.6) is 5.75 Å². The Labute approximate surface area is 150 Å². The molecule has 3 aromatic rings. The summed E-state index contributed by atoms with van der Waals surface area (Å²) in [4.78, 5) is 22.0. The molecule has 2 aromatic carbocycles. The Balaban J connectivity index is 1.30. The highest BCUT2D eigenvalue weighted by atomic mass is 19.1. The smallest absolute Gasteiger partial charge is 0.223 e. The number of aromatic amines is 1. The zero-order valence-electron chi connectivity index (χ0n) is 14.3. The van der Waals surface area contributed by atoms with Gasteiger partial charge in [-0.2, -0.15) is 0 Å². The van der Waals surface area contributed by atoms with Crippen LogP contribution < -0.4 is 4.74 Å².